The molecule has 0 radical (unpaired) electrons. The molecule has 0 aliphatic carbocycles. The van der Waals surface area contributed by atoms with Crippen molar-refractivity contribution in [2.24, 2.45) is 0 Å². The van der Waals surface area contributed by atoms with Gasteiger partial charge in [0.1, 0.15) is 34.7 Å². The lowest BCUT2D eigenvalue weighted by Crippen LogP contribution is -2.58. The molecule has 2 amide bonds. The Morgan fingerprint density at radius 1 is 0.622 bits per heavy atom. The first kappa shape index (κ1) is 33.2. The van der Waals surface area contributed by atoms with Crippen molar-refractivity contribution in [2.45, 2.75) is 6.54 Å². The van der Waals surface area contributed by atoms with Gasteiger partial charge in [-0.2, -0.15) is 14.0 Å². The largest absolute Gasteiger partial charge is 0.347 e. The van der Waals surface area contributed by atoms with Crippen LogP contribution >= 0.6 is 7.26 Å². The summed E-state index contributed by atoms with van der Waals surface area (Å²) in [5, 5.41) is 9.24. The van der Waals surface area contributed by atoms with Crippen LogP contribution < -0.4 is 40.5 Å². The minimum absolute atomic E-state index is 0.217. The predicted octanol–water partition coefficient (Wildman–Crippen LogP) is 1.44. The van der Waals surface area contributed by atoms with E-state index in [0.29, 0.717) is 12.1 Å². The van der Waals surface area contributed by atoms with Crippen molar-refractivity contribution in [3.05, 3.63) is 174 Å². The molecule has 5 rings (SSSR count). The molecule has 5 aromatic rings. The molecule has 45 heavy (non-hydrogen) atoms. The normalized spacial score (nSPS) is 11.5. The number of hydrogen-bond donors (Lipinski definition) is 3. The first-order valence-corrected chi connectivity index (χ1v) is 16.9. The van der Waals surface area contributed by atoms with Crippen LogP contribution in [0.1, 0.15) is 15.9 Å². The number of halogens is 1. The molecule has 0 aliphatic heterocycles. The van der Waals surface area contributed by atoms with Gasteiger partial charge in [-0.15, -0.1) is 0 Å². The summed E-state index contributed by atoms with van der Waals surface area (Å²) < 4.78 is 32.7. The number of nitrogens with one attached hydrogen (secondary N) is 2. The summed E-state index contributed by atoms with van der Waals surface area (Å²) in [7, 11) is -7.24. The molecule has 10 heteroatoms. The number of benzene rings is 5. The Balaban J connectivity index is 0.000000854. The third-order valence-electron chi connectivity index (χ3n) is 6.64. The molecule has 0 atom stereocenters. The van der Waals surface area contributed by atoms with Crippen LogP contribution in [0.2, 0.25) is 0 Å². The van der Waals surface area contributed by atoms with E-state index in [-0.39, 0.29) is 17.5 Å². The Hall–Kier alpha value is -4.66. The summed E-state index contributed by atoms with van der Waals surface area (Å²) in [6.07, 6.45) is 0. The van der Waals surface area contributed by atoms with Crippen molar-refractivity contribution >= 4 is 35.0 Å². The minimum atomic E-state index is -4.69. The molecule has 0 aromatic heterocycles. The van der Waals surface area contributed by atoms with Gasteiger partial charge < -0.3 is 10.6 Å². The van der Waals surface area contributed by atoms with Crippen LogP contribution in [-0.2, 0) is 11.3 Å². The fourth-order valence-electron chi connectivity index (χ4n) is 4.66. The number of amides is 2. The minimum Gasteiger partial charge on any atom is -0.347 e. The van der Waals surface area contributed by atoms with E-state index in [4.69, 9.17) is 18.6 Å². The van der Waals surface area contributed by atoms with Gasteiger partial charge >= 0.3 is 0 Å². The van der Waals surface area contributed by atoms with Gasteiger partial charge in [-0.25, -0.2) is 0 Å². The lowest BCUT2D eigenvalue weighted by Gasteiger charge is -2.25. The smallest absolute Gasteiger partial charge is 0.271 e. The van der Waals surface area contributed by atoms with Crippen LogP contribution in [0.25, 0.3) is 0 Å². The standard InChI is InChI=1S/C35H29N2O2P.ClHO4/c38-34(29-18-8-2-9-19-29)37-33(35(39)36-26-28-16-6-1-7-17-28)27-40(30-20-10-3-11-21-30,31-22-12-4-13-23-31)32-24-14-5-15-25-32;2-1(3,4)5/h1-25,27H,26H2,(H-,36,37,38,39);(H,2,3,4,5)/p+1. The Labute approximate surface area is 264 Å². The van der Waals surface area contributed by atoms with Gasteiger partial charge in [-0.05, 0) is 54.1 Å². The summed E-state index contributed by atoms with van der Waals surface area (Å²) in [6.45, 7) is 0.339. The second kappa shape index (κ2) is 15.9. The van der Waals surface area contributed by atoms with Gasteiger partial charge in [-0.1, -0.05) is 103 Å². The molecule has 0 bridgehead atoms. The quantitative estimate of drug-likeness (QED) is 0.164. The first-order chi connectivity index (χ1) is 21.7. The van der Waals surface area contributed by atoms with Gasteiger partial charge in [-0.3, -0.25) is 9.59 Å². The number of carbonyl (C=O) groups is 2. The molecule has 228 valence electrons. The third-order valence-corrected chi connectivity index (χ3v) is 10.6. The summed E-state index contributed by atoms with van der Waals surface area (Å²) in [5.74, 6) is 1.31. The monoisotopic (exact) mass is 641 g/mol. The van der Waals surface area contributed by atoms with Gasteiger partial charge in [0.15, 0.2) is 0 Å². The molecule has 0 aliphatic rings. The summed E-state index contributed by atoms with van der Waals surface area (Å²) in [5.41, 5.74) is 1.67. The second-order valence-electron chi connectivity index (χ2n) is 9.66. The van der Waals surface area contributed by atoms with Gasteiger partial charge in [0.25, 0.3) is 11.8 Å². The molecule has 0 fully saturated rings. The highest BCUT2D eigenvalue weighted by atomic mass is 35.7. The zero-order chi connectivity index (χ0) is 32.1. The maximum absolute atomic E-state index is 13.9. The Morgan fingerprint density at radius 3 is 1.38 bits per heavy atom. The number of hydrogen-bond acceptors (Lipinski definition) is 6. The fourth-order valence-corrected chi connectivity index (χ4v) is 8.50. The molecular formula is C35H31ClN2O6P+. The van der Waals surface area contributed by atoms with Crippen molar-refractivity contribution in [2.75, 3.05) is 0 Å². The topological polar surface area (TPSA) is 148 Å². The predicted molar refractivity (Wildman–Crippen MR) is 168 cm³/mol. The molecule has 8 nitrogen and oxygen atoms in total. The number of carbonyl (C=O) groups excluding carboxylic acids is 2. The van der Waals surface area contributed by atoms with E-state index >= 15 is 0 Å². The van der Waals surface area contributed by atoms with Crippen molar-refractivity contribution in [3.63, 3.8) is 0 Å². The highest BCUT2D eigenvalue weighted by molar-refractivity contribution is 7.98. The van der Waals surface area contributed by atoms with E-state index in [9.17, 15) is 9.59 Å². The molecule has 0 heterocycles. The van der Waals surface area contributed by atoms with Crippen LogP contribution in [-0.4, -0.2) is 16.5 Å². The van der Waals surface area contributed by atoms with Crippen molar-refractivity contribution in [1.82, 2.24) is 10.6 Å². The average molecular weight is 642 g/mol. The van der Waals surface area contributed by atoms with Gasteiger partial charge in [0, 0.05) is 12.1 Å². The average Bonchev–Trinajstić information content (AvgIpc) is 3.07. The van der Waals surface area contributed by atoms with Crippen LogP contribution in [0.4, 0.5) is 0 Å². The molecule has 0 spiro atoms. The Kier molecular flexibility index (Phi) is 11.7. The second-order valence-corrected chi connectivity index (χ2v) is 13.7. The van der Waals surface area contributed by atoms with Crippen molar-refractivity contribution < 1.29 is 38.5 Å². The molecular weight excluding hydrogens is 611 g/mol. The zero-order valence-electron chi connectivity index (χ0n) is 24.0. The molecule has 0 unspecified atom stereocenters. The van der Waals surface area contributed by atoms with E-state index in [1.165, 1.54) is 0 Å². The van der Waals surface area contributed by atoms with E-state index in [1.54, 1.807) is 12.1 Å². The molecule has 5 aromatic carbocycles. The molecule has 0 saturated carbocycles. The van der Waals surface area contributed by atoms with E-state index in [2.05, 4.69) is 47.0 Å². The zero-order valence-corrected chi connectivity index (χ0v) is 25.7. The van der Waals surface area contributed by atoms with Crippen molar-refractivity contribution in [3.8, 4) is 0 Å². The molecule has 3 N–H and O–H groups in total. The SMILES string of the molecule is O=C(NCc1ccccc1)C(=C[P+](c1ccccc1)(c1ccccc1)c1ccccc1)NC(=O)c1ccccc1.[O-][Cl+3]([O-])([O-])O. The maximum atomic E-state index is 13.9. The fraction of sp³-hybridized carbons (Fsp3) is 0.0286. The summed E-state index contributed by atoms with van der Waals surface area (Å²) >= 11 is 0. The third kappa shape index (κ3) is 9.66. The van der Waals surface area contributed by atoms with Crippen LogP contribution in [0, 0.1) is 10.2 Å². The van der Waals surface area contributed by atoms with Crippen LogP contribution in [0.3, 0.4) is 0 Å². The Morgan fingerprint density at radius 2 is 0.978 bits per heavy atom. The lowest BCUT2D eigenvalue weighted by molar-refractivity contribution is -1.92. The van der Waals surface area contributed by atoms with Gasteiger partial charge in [0.05, 0.1) is 14.9 Å². The maximum Gasteiger partial charge on any atom is 0.271 e. The van der Waals surface area contributed by atoms with Crippen LogP contribution in [0.5, 0.6) is 0 Å². The molecule has 0 saturated heterocycles. The van der Waals surface area contributed by atoms with E-state index in [1.807, 2.05) is 109 Å². The lowest BCUT2D eigenvalue weighted by atomic mass is 10.2. The highest BCUT2D eigenvalue weighted by Crippen LogP contribution is 2.57. The highest BCUT2D eigenvalue weighted by Gasteiger charge is 2.45. The van der Waals surface area contributed by atoms with Gasteiger partial charge in [0.2, 0.25) is 0 Å². The summed E-state index contributed by atoms with van der Waals surface area (Å²) in [4.78, 5) is 27.3. The van der Waals surface area contributed by atoms with E-state index < -0.39 is 17.5 Å². The summed E-state index contributed by atoms with van der Waals surface area (Å²) in [6, 6.07) is 49.3. The number of rotatable bonds is 9. The van der Waals surface area contributed by atoms with Crippen molar-refractivity contribution in [1.29, 1.82) is 0 Å². The Bertz CT molecular complexity index is 1580. The first-order valence-electron chi connectivity index (χ1n) is 13.8. The van der Waals surface area contributed by atoms with E-state index in [0.717, 1.165) is 21.5 Å². The van der Waals surface area contributed by atoms with Crippen LogP contribution in [0.15, 0.2) is 163 Å².